The van der Waals surface area contributed by atoms with E-state index in [1.54, 1.807) is 11.0 Å². The highest BCUT2D eigenvalue weighted by molar-refractivity contribution is 5.94. The Morgan fingerprint density at radius 3 is 2.84 bits per heavy atom. The van der Waals surface area contributed by atoms with Gasteiger partial charge in [0.05, 0.1) is 12.7 Å². The topological polar surface area (TPSA) is 59.0 Å². The summed E-state index contributed by atoms with van der Waals surface area (Å²) in [5.41, 5.74) is 0.178. The number of methoxy groups -OCH3 is 1. The molecule has 6 heteroatoms. The molecule has 0 saturated carbocycles. The molecule has 1 spiro atoms. The first-order chi connectivity index (χ1) is 12.1. The van der Waals surface area contributed by atoms with Gasteiger partial charge >= 0.3 is 0 Å². The Morgan fingerprint density at radius 2 is 2.20 bits per heavy atom. The molecule has 2 aliphatic rings. The number of nitrogens with zero attached hydrogens (tertiary/aromatic N) is 1. The van der Waals surface area contributed by atoms with Gasteiger partial charge in [-0.05, 0) is 56.2 Å². The minimum Gasteiger partial charge on any atom is -0.494 e. The van der Waals surface area contributed by atoms with Gasteiger partial charge in [-0.15, -0.1) is 0 Å². The monoisotopic (exact) mass is 351 g/mol. The van der Waals surface area contributed by atoms with Crippen molar-refractivity contribution in [2.24, 2.45) is 5.92 Å². The van der Waals surface area contributed by atoms with Crippen LogP contribution in [0.4, 0.5) is 4.39 Å². The summed E-state index contributed by atoms with van der Waals surface area (Å²) in [6.45, 7) is 2.16. The van der Waals surface area contributed by atoms with E-state index in [1.807, 2.05) is 0 Å². The van der Waals surface area contributed by atoms with E-state index in [9.17, 15) is 14.3 Å². The average Bonchev–Trinajstić information content (AvgIpc) is 2.62. The van der Waals surface area contributed by atoms with E-state index in [4.69, 9.17) is 9.47 Å². The molecule has 3 rings (SSSR count). The molecule has 2 saturated heterocycles. The Balaban J connectivity index is 1.62. The lowest BCUT2D eigenvalue weighted by Crippen LogP contribution is -2.50. The van der Waals surface area contributed by atoms with Crippen LogP contribution in [0.3, 0.4) is 0 Å². The molecule has 0 radical (unpaired) electrons. The van der Waals surface area contributed by atoms with Crippen LogP contribution in [0.5, 0.6) is 5.75 Å². The van der Waals surface area contributed by atoms with Crippen molar-refractivity contribution in [2.75, 3.05) is 33.4 Å². The molecule has 1 amide bonds. The lowest BCUT2D eigenvalue weighted by molar-refractivity contribution is -0.125. The van der Waals surface area contributed by atoms with Gasteiger partial charge in [-0.1, -0.05) is 0 Å². The highest BCUT2D eigenvalue weighted by Gasteiger charge is 2.41. The quantitative estimate of drug-likeness (QED) is 0.906. The predicted octanol–water partition coefficient (Wildman–Crippen LogP) is 2.62. The fourth-order valence-corrected chi connectivity index (χ4v) is 4.01. The van der Waals surface area contributed by atoms with Crippen LogP contribution in [0.2, 0.25) is 0 Å². The third-order valence-corrected chi connectivity index (χ3v) is 5.49. The SMILES string of the molecule is COc1ccc(C(=O)N2CCC3(CC2)CC(CCO)CCO3)cc1F. The van der Waals surface area contributed by atoms with E-state index in [1.165, 1.54) is 19.2 Å². The van der Waals surface area contributed by atoms with Gasteiger partial charge in [-0.25, -0.2) is 4.39 Å². The number of benzene rings is 1. The molecule has 1 aromatic rings. The van der Waals surface area contributed by atoms with Crippen molar-refractivity contribution in [2.45, 2.75) is 37.7 Å². The first-order valence-electron chi connectivity index (χ1n) is 8.94. The largest absolute Gasteiger partial charge is 0.494 e. The number of carbonyl (C=O) groups is 1. The van der Waals surface area contributed by atoms with Crippen molar-refractivity contribution >= 4 is 5.91 Å². The minimum absolute atomic E-state index is 0.139. The number of aliphatic hydroxyl groups excluding tert-OH is 1. The Hall–Kier alpha value is -1.66. The molecule has 0 bridgehead atoms. The number of hydrogen-bond donors (Lipinski definition) is 1. The number of amides is 1. The zero-order valence-corrected chi connectivity index (χ0v) is 14.7. The predicted molar refractivity (Wildman–Crippen MR) is 91.2 cm³/mol. The molecule has 138 valence electrons. The first kappa shape index (κ1) is 18.1. The Morgan fingerprint density at radius 1 is 1.44 bits per heavy atom. The number of aliphatic hydroxyl groups is 1. The zero-order chi connectivity index (χ0) is 17.9. The molecule has 2 aliphatic heterocycles. The van der Waals surface area contributed by atoms with Crippen LogP contribution in [-0.2, 0) is 4.74 Å². The van der Waals surface area contributed by atoms with Crippen LogP contribution in [0.1, 0.15) is 42.5 Å². The Kier molecular flexibility index (Phi) is 5.59. The molecular formula is C19H26FNO4. The first-order valence-corrected chi connectivity index (χ1v) is 8.94. The van der Waals surface area contributed by atoms with Crippen molar-refractivity contribution in [3.05, 3.63) is 29.6 Å². The number of hydrogen-bond acceptors (Lipinski definition) is 4. The van der Waals surface area contributed by atoms with Gasteiger partial charge in [-0.2, -0.15) is 0 Å². The number of rotatable bonds is 4. The number of ether oxygens (including phenoxy) is 2. The Labute approximate surface area is 147 Å². The minimum atomic E-state index is -0.524. The second-order valence-corrected chi connectivity index (χ2v) is 7.04. The van der Waals surface area contributed by atoms with Gasteiger partial charge in [-0.3, -0.25) is 4.79 Å². The van der Waals surface area contributed by atoms with Crippen LogP contribution in [0.25, 0.3) is 0 Å². The molecule has 25 heavy (non-hydrogen) atoms. The molecule has 1 N–H and O–H groups in total. The summed E-state index contributed by atoms with van der Waals surface area (Å²) >= 11 is 0. The van der Waals surface area contributed by atoms with Crippen LogP contribution in [-0.4, -0.2) is 54.9 Å². The summed E-state index contributed by atoms with van der Waals surface area (Å²) in [7, 11) is 1.40. The summed E-state index contributed by atoms with van der Waals surface area (Å²) in [6, 6.07) is 4.32. The molecule has 2 heterocycles. The third-order valence-electron chi connectivity index (χ3n) is 5.49. The number of piperidine rings is 1. The summed E-state index contributed by atoms with van der Waals surface area (Å²) in [5.74, 6) is -0.0419. The molecule has 0 aromatic heterocycles. The normalized spacial score (nSPS) is 22.8. The molecule has 5 nitrogen and oxygen atoms in total. The second kappa shape index (κ2) is 7.70. The van der Waals surface area contributed by atoms with E-state index >= 15 is 0 Å². The lowest BCUT2D eigenvalue weighted by Gasteiger charge is -2.46. The van der Waals surface area contributed by atoms with E-state index in [0.717, 1.165) is 38.7 Å². The number of carbonyl (C=O) groups excluding carboxylic acids is 1. The van der Waals surface area contributed by atoms with E-state index in [-0.39, 0.29) is 23.9 Å². The zero-order valence-electron chi connectivity index (χ0n) is 14.7. The maximum absolute atomic E-state index is 13.8. The highest BCUT2D eigenvalue weighted by atomic mass is 19.1. The van der Waals surface area contributed by atoms with Gasteiger partial charge in [0.1, 0.15) is 0 Å². The van der Waals surface area contributed by atoms with Crippen LogP contribution >= 0.6 is 0 Å². The van der Waals surface area contributed by atoms with E-state index in [0.29, 0.717) is 24.6 Å². The van der Waals surface area contributed by atoms with Crippen molar-refractivity contribution in [3.63, 3.8) is 0 Å². The van der Waals surface area contributed by atoms with Gasteiger partial charge in [0.15, 0.2) is 11.6 Å². The average molecular weight is 351 g/mol. The van der Waals surface area contributed by atoms with Gasteiger partial charge in [0.2, 0.25) is 0 Å². The maximum atomic E-state index is 13.8. The summed E-state index contributed by atoms with van der Waals surface area (Å²) in [4.78, 5) is 14.4. The summed E-state index contributed by atoms with van der Waals surface area (Å²) in [5, 5.41) is 9.17. The smallest absolute Gasteiger partial charge is 0.253 e. The van der Waals surface area contributed by atoms with E-state index < -0.39 is 5.82 Å². The third kappa shape index (κ3) is 3.96. The standard InChI is InChI=1S/C19H26FNO4/c1-24-17-3-2-15(12-16(17)20)18(23)21-8-6-19(7-9-21)13-14(4-10-22)5-11-25-19/h2-3,12,14,22H,4-11,13H2,1H3. The van der Waals surface area contributed by atoms with Crippen molar-refractivity contribution in [3.8, 4) is 5.75 Å². The fraction of sp³-hybridized carbons (Fsp3) is 0.632. The summed E-state index contributed by atoms with van der Waals surface area (Å²) < 4.78 is 24.8. The highest BCUT2D eigenvalue weighted by Crippen LogP contribution is 2.39. The number of halogens is 1. The molecule has 0 aliphatic carbocycles. The van der Waals surface area contributed by atoms with Gasteiger partial charge in [0.25, 0.3) is 5.91 Å². The van der Waals surface area contributed by atoms with Crippen molar-refractivity contribution in [1.29, 1.82) is 0 Å². The van der Waals surface area contributed by atoms with Crippen LogP contribution in [0, 0.1) is 11.7 Å². The maximum Gasteiger partial charge on any atom is 0.253 e. The van der Waals surface area contributed by atoms with Gasteiger partial charge in [0, 0.05) is 31.9 Å². The van der Waals surface area contributed by atoms with Crippen molar-refractivity contribution in [1.82, 2.24) is 4.90 Å². The lowest BCUT2D eigenvalue weighted by atomic mass is 9.78. The van der Waals surface area contributed by atoms with Crippen LogP contribution < -0.4 is 4.74 Å². The molecular weight excluding hydrogens is 325 g/mol. The Bertz CT molecular complexity index is 611. The molecule has 1 aromatic carbocycles. The molecule has 2 fully saturated rings. The fourth-order valence-electron chi connectivity index (χ4n) is 4.01. The summed E-state index contributed by atoms with van der Waals surface area (Å²) in [6.07, 6.45) is 4.35. The van der Waals surface area contributed by atoms with Gasteiger partial charge < -0.3 is 19.5 Å². The molecule has 1 unspecified atom stereocenters. The number of likely N-dealkylation sites (tertiary alicyclic amines) is 1. The second-order valence-electron chi connectivity index (χ2n) is 7.04. The van der Waals surface area contributed by atoms with E-state index in [2.05, 4.69) is 0 Å². The molecule has 1 atom stereocenters. The van der Waals surface area contributed by atoms with Crippen LogP contribution in [0.15, 0.2) is 18.2 Å². The van der Waals surface area contributed by atoms with Crippen molar-refractivity contribution < 1.29 is 23.8 Å².